The monoisotopic (exact) mass is 398 g/mol. The average molecular weight is 400 g/mol. The second-order valence-corrected chi connectivity index (χ2v) is 6.01. The number of carbonyl (C=O) groups is 1. The number of rotatable bonds is 5. The van der Waals surface area contributed by atoms with Crippen LogP contribution in [-0.4, -0.2) is 17.4 Å². The molecule has 0 aliphatic rings. The SMILES string of the molecule is Cc1ccc(OCC(=O)Nc2ccc(Br)cc2Cl)c([N+](=O)[O-])c1. The molecule has 0 atom stereocenters. The minimum atomic E-state index is -0.550. The average Bonchev–Trinajstić information content (AvgIpc) is 2.48. The van der Waals surface area contributed by atoms with Crippen molar-refractivity contribution >= 4 is 44.8 Å². The zero-order valence-corrected chi connectivity index (χ0v) is 14.3. The summed E-state index contributed by atoms with van der Waals surface area (Å²) in [6.45, 7) is 1.37. The van der Waals surface area contributed by atoms with Crippen molar-refractivity contribution in [1.82, 2.24) is 0 Å². The molecule has 0 saturated heterocycles. The van der Waals surface area contributed by atoms with Crippen molar-refractivity contribution in [2.24, 2.45) is 0 Å². The highest BCUT2D eigenvalue weighted by Crippen LogP contribution is 2.28. The standard InChI is InChI=1S/C15H12BrClN2O4/c1-9-2-5-14(13(6-9)19(21)22)23-8-15(20)18-12-4-3-10(16)7-11(12)17/h2-7H,8H2,1H3,(H,18,20). The summed E-state index contributed by atoms with van der Waals surface area (Å²) in [6.07, 6.45) is 0. The second kappa shape index (κ2) is 7.43. The summed E-state index contributed by atoms with van der Waals surface area (Å²) in [7, 11) is 0. The summed E-state index contributed by atoms with van der Waals surface area (Å²) in [5, 5.41) is 13.9. The third-order valence-electron chi connectivity index (χ3n) is 2.88. The fourth-order valence-corrected chi connectivity index (χ4v) is 2.53. The highest BCUT2D eigenvalue weighted by atomic mass is 79.9. The molecular formula is C15H12BrClN2O4. The molecule has 0 heterocycles. The molecule has 1 N–H and O–H groups in total. The van der Waals surface area contributed by atoms with E-state index in [1.165, 1.54) is 12.1 Å². The van der Waals surface area contributed by atoms with E-state index >= 15 is 0 Å². The normalized spacial score (nSPS) is 10.2. The van der Waals surface area contributed by atoms with Gasteiger partial charge in [-0.2, -0.15) is 0 Å². The van der Waals surface area contributed by atoms with Gasteiger partial charge in [0.15, 0.2) is 12.4 Å². The molecule has 2 aromatic carbocycles. The number of carbonyl (C=O) groups excluding carboxylic acids is 1. The minimum absolute atomic E-state index is 0.0395. The largest absolute Gasteiger partial charge is 0.477 e. The van der Waals surface area contributed by atoms with Gasteiger partial charge in [0.05, 0.1) is 15.6 Å². The number of amides is 1. The van der Waals surface area contributed by atoms with Crippen molar-refractivity contribution in [3.63, 3.8) is 0 Å². The molecule has 0 aliphatic heterocycles. The quantitative estimate of drug-likeness (QED) is 0.599. The first kappa shape index (κ1) is 17.2. The molecule has 0 unspecified atom stereocenters. The van der Waals surface area contributed by atoms with E-state index in [1.54, 1.807) is 31.2 Å². The van der Waals surface area contributed by atoms with E-state index in [-0.39, 0.29) is 18.0 Å². The fourth-order valence-electron chi connectivity index (χ4n) is 1.81. The lowest BCUT2D eigenvalue weighted by atomic mass is 10.2. The van der Waals surface area contributed by atoms with Crippen LogP contribution in [-0.2, 0) is 4.79 Å². The summed E-state index contributed by atoms with van der Waals surface area (Å²) >= 11 is 9.27. The zero-order chi connectivity index (χ0) is 17.0. The number of nitro groups is 1. The smallest absolute Gasteiger partial charge is 0.311 e. The molecule has 0 aliphatic carbocycles. The molecule has 2 aromatic rings. The van der Waals surface area contributed by atoms with E-state index in [4.69, 9.17) is 16.3 Å². The van der Waals surface area contributed by atoms with Crippen LogP contribution >= 0.6 is 27.5 Å². The molecule has 0 spiro atoms. The Morgan fingerprint density at radius 3 is 2.74 bits per heavy atom. The Balaban J connectivity index is 2.03. The predicted molar refractivity (Wildman–Crippen MR) is 91.1 cm³/mol. The van der Waals surface area contributed by atoms with Gasteiger partial charge in [0, 0.05) is 10.5 Å². The van der Waals surface area contributed by atoms with E-state index in [0.29, 0.717) is 10.7 Å². The summed E-state index contributed by atoms with van der Waals surface area (Å²) < 4.78 is 6.03. The maximum absolute atomic E-state index is 11.9. The van der Waals surface area contributed by atoms with Gasteiger partial charge < -0.3 is 10.1 Å². The fraction of sp³-hybridized carbons (Fsp3) is 0.133. The van der Waals surface area contributed by atoms with Gasteiger partial charge in [-0.3, -0.25) is 14.9 Å². The van der Waals surface area contributed by atoms with E-state index in [0.717, 1.165) is 10.0 Å². The number of benzene rings is 2. The molecule has 0 radical (unpaired) electrons. The van der Waals surface area contributed by atoms with Crippen LogP contribution in [0, 0.1) is 17.0 Å². The van der Waals surface area contributed by atoms with Gasteiger partial charge in [-0.15, -0.1) is 0 Å². The predicted octanol–water partition coefficient (Wildman–Crippen LogP) is 4.34. The van der Waals surface area contributed by atoms with Crippen molar-refractivity contribution in [3.8, 4) is 5.75 Å². The van der Waals surface area contributed by atoms with Crippen molar-refractivity contribution in [1.29, 1.82) is 0 Å². The zero-order valence-electron chi connectivity index (χ0n) is 12.0. The molecule has 0 bridgehead atoms. The van der Waals surface area contributed by atoms with Crippen molar-refractivity contribution in [3.05, 3.63) is 61.6 Å². The second-order valence-electron chi connectivity index (χ2n) is 4.69. The number of aryl methyl sites for hydroxylation is 1. The maximum Gasteiger partial charge on any atom is 0.311 e. The van der Waals surface area contributed by atoms with Crippen LogP contribution in [0.2, 0.25) is 5.02 Å². The number of hydrogen-bond acceptors (Lipinski definition) is 4. The number of anilines is 1. The Morgan fingerprint density at radius 1 is 1.35 bits per heavy atom. The molecule has 23 heavy (non-hydrogen) atoms. The first-order valence-electron chi connectivity index (χ1n) is 6.49. The highest BCUT2D eigenvalue weighted by Gasteiger charge is 2.16. The minimum Gasteiger partial charge on any atom is -0.477 e. The van der Waals surface area contributed by atoms with Crippen molar-refractivity contribution < 1.29 is 14.5 Å². The van der Waals surface area contributed by atoms with Gasteiger partial charge in [-0.1, -0.05) is 33.6 Å². The van der Waals surface area contributed by atoms with E-state index in [2.05, 4.69) is 21.2 Å². The number of halogens is 2. The lowest BCUT2D eigenvalue weighted by molar-refractivity contribution is -0.385. The Hall–Kier alpha value is -2.12. The Labute approximate surface area is 145 Å². The van der Waals surface area contributed by atoms with E-state index in [9.17, 15) is 14.9 Å². The molecule has 1 amide bonds. The third kappa shape index (κ3) is 4.67. The van der Waals surface area contributed by atoms with Crippen LogP contribution in [0.25, 0.3) is 0 Å². The molecule has 8 heteroatoms. The summed E-state index contributed by atoms with van der Waals surface area (Å²) in [5.74, 6) is -0.429. The van der Waals surface area contributed by atoms with Crippen LogP contribution in [0.3, 0.4) is 0 Å². The first-order valence-corrected chi connectivity index (χ1v) is 7.66. The Morgan fingerprint density at radius 2 is 2.09 bits per heavy atom. The number of hydrogen-bond donors (Lipinski definition) is 1. The van der Waals surface area contributed by atoms with Crippen LogP contribution in [0.4, 0.5) is 11.4 Å². The van der Waals surface area contributed by atoms with Gasteiger partial charge in [0.25, 0.3) is 5.91 Å². The molecule has 2 rings (SSSR count). The van der Waals surface area contributed by atoms with Gasteiger partial charge in [0.1, 0.15) is 0 Å². The van der Waals surface area contributed by atoms with Crippen LogP contribution in [0.15, 0.2) is 40.9 Å². The topological polar surface area (TPSA) is 81.5 Å². The van der Waals surface area contributed by atoms with Gasteiger partial charge in [-0.25, -0.2) is 0 Å². The number of nitrogens with one attached hydrogen (secondary N) is 1. The molecule has 0 aromatic heterocycles. The summed E-state index contributed by atoms with van der Waals surface area (Å²) in [6, 6.07) is 9.53. The lowest BCUT2D eigenvalue weighted by Gasteiger charge is -2.09. The van der Waals surface area contributed by atoms with Crippen LogP contribution < -0.4 is 10.1 Å². The molecule has 6 nitrogen and oxygen atoms in total. The molecule has 0 fully saturated rings. The van der Waals surface area contributed by atoms with E-state index in [1.807, 2.05) is 0 Å². The van der Waals surface area contributed by atoms with Crippen LogP contribution in [0.5, 0.6) is 5.75 Å². The van der Waals surface area contributed by atoms with Gasteiger partial charge in [-0.05, 0) is 36.8 Å². The van der Waals surface area contributed by atoms with Gasteiger partial charge in [0.2, 0.25) is 0 Å². The number of ether oxygens (including phenoxy) is 1. The highest BCUT2D eigenvalue weighted by molar-refractivity contribution is 9.10. The summed E-state index contributed by atoms with van der Waals surface area (Å²) in [4.78, 5) is 22.3. The Kier molecular flexibility index (Phi) is 5.57. The number of nitrogens with zero attached hydrogens (tertiary/aromatic N) is 1. The molecular weight excluding hydrogens is 388 g/mol. The summed E-state index contributed by atoms with van der Waals surface area (Å²) in [5.41, 5.74) is 0.983. The lowest BCUT2D eigenvalue weighted by Crippen LogP contribution is -2.20. The van der Waals surface area contributed by atoms with E-state index < -0.39 is 10.8 Å². The maximum atomic E-state index is 11.9. The molecule has 0 saturated carbocycles. The number of nitro benzene ring substituents is 1. The first-order chi connectivity index (χ1) is 10.9. The third-order valence-corrected chi connectivity index (χ3v) is 3.68. The Bertz CT molecular complexity index is 767. The van der Waals surface area contributed by atoms with Crippen LogP contribution in [0.1, 0.15) is 5.56 Å². The van der Waals surface area contributed by atoms with Crippen molar-refractivity contribution in [2.75, 3.05) is 11.9 Å². The van der Waals surface area contributed by atoms with Gasteiger partial charge >= 0.3 is 5.69 Å². The van der Waals surface area contributed by atoms with Crippen molar-refractivity contribution in [2.45, 2.75) is 6.92 Å². The molecule has 120 valence electrons.